The highest BCUT2D eigenvalue weighted by molar-refractivity contribution is 6.09. The van der Waals surface area contributed by atoms with Gasteiger partial charge in [0.15, 0.2) is 0 Å². The molecule has 2 amide bonds. The van der Waals surface area contributed by atoms with Crippen molar-refractivity contribution in [3.8, 4) is 5.75 Å². The Labute approximate surface area is 210 Å². The minimum Gasteiger partial charge on any atom is -0.495 e. The summed E-state index contributed by atoms with van der Waals surface area (Å²) in [7, 11) is 1.24. The van der Waals surface area contributed by atoms with Crippen molar-refractivity contribution in [3.05, 3.63) is 64.7 Å². The zero-order chi connectivity index (χ0) is 27.1. The third-order valence-electron chi connectivity index (χ3n) is 4.32. The van der Waals surface area contributed by atoms with Crippen LogP contribution in [0.25, 0.3) is 0 Å². The summed E-state index contributed by atoms with van der Waals surface area (Å²) in [5, 5.41) is 0. The molecule has 0 saturated carbocycles. The molecule has 0 heterocycles. The van der Waals surface area contributed by atoms with Gasteiger partial charge in [-0.3, -0.25) is 10.2 Å². The highest BCUT2D eigenvalue weighted by Crippen LogP contribution is 2.31. The average molecular weight is 501 g/mol. The fraction of sp³-hybridized carbons (Fsp3) is 0.385. The first-order chi connectivity index (χ1) is 16.7. The van der Waals surface area contributed by atoms with Crippen molar-refractivity contribution in [2.45, 2.75) is 59.4 Å². The van der Waals surface area contributed by atoms with Crippen molar-refractivity contribution in [1.29, 1.82) is 0 Å². The normalized spacial score (nSPS) is 11.2. The Kier molecular flexibility index (Phi) is 9.05. The second kappa shape index (κ2) is 11.6. The summed E-state index contributed by atoms with van der Waals surface area (Å²) in [4.78, 5) is 50.7. The third kappa shape index (κ3) is 8.30. The largest absolute Gasteiger partial charge is 0.495 e. The maximum Gasteiger partial charge on any atom is 0.426 e. The summed E-state index contributed by atoms with van der Waals surface area (Å²) in [6, 6.07) is 11.5. The predicted octanol–water partition coefficient (Wildman–Crippen LogP) is 4.18. The quantitative estimate of drug-likeness (QED) is 0.343. The first kappa shape index (κ1) is 28.2. The maximum atomic E-state index is 13.1. The van der Waals surface area contributed by atoms with Crippen LogP contribution < -0.4 is 15.6 Å². The van der Waals surface area contributed by atoms with Gasteiger partial charge in [0, 0.05) is 0 Å². The molecule has 0 aliphatic heterocycles. The molecule has 10 nitrogen and oxygen atoms in total. The van der Waals surface area contributed by atoms with E-state index in [1.165, 1.54) is 19.2 Å². The summed E-state index contributed by atoms with van der Waals surface area (Å²) in [5.41, 5.74) is 2.82. The van der Waals surface area contributed by atoms with Crippen molar-refractivity contribution in [1.82, 2.24) is 10.9 Å². The maximum absolute atomic E-state index is 13.1. The molecule has 2 N–H and O–H groups in total. The van der Waals surface area contributed by atoms with Crippen molar-refractivity contribution < 1.29 is 38.1 Å². The Morgan fingerprint density at radius 2 is 1.31 bits per heavy atom. The van der Waals surface area contributed by atoms with Crippen LogP contribution in [0.1, 0.15) is 78.2 Å². The van der Waals surface area contributed by atoms with Crippen LogP contribution in [0, 0.1) is 0 Å². The van der Waals surface area contributed by atoms with Gasteiger partial charge in [0.05, 0.1) is 18.2 Å². The smallest absolute Gasteiger partial charge is 0.426 e. The topological polar surface area (TPSA) is 129 Å². The summed E-state index contributed by atoms with van der Waals surface area (Å²) in [6.45, 7) is 10.0. The first-order valence-corrected chi connectivity index (χ1v) is 11.2. The highest BCUT2D eigenvalue weighted by atomic mass is 16.6. The van der Waals surface area contributed by atoms with E-state index in [9.17, 15) is 19.2 Å². The van der Waals surface area contributed by atoms with E-state index in [0.29, 0.717) is 0 Å². The number of amides is 2. The van der Waals surface area contributed by atoms with E-state index in [-0.39, 0.29) is 29.0 Å². The van der Waals surface area contributed by atoms with Crippen molar-refractivity contribution >= 4 is 23.9 Å². The molecule has 0 bridgehead atoms. The Morgan fingerprint density at radius 3 is 1.86 bits per heavy atom. The lowest BCUT2D eigenvalue weighted by Gasteiger charge is -2.24. The summed E-state index contributed by atoms with van der Waals surface area (Å²) < 4.78 is 21.3. The molecule has 194 valence electrons. The Morgan fingerprint density at radius 1 is 0.750 bits per heavy atom. The van der Waals surface area contributed by atoms with Gasteiger partial charge < -0.3 is 18.9 Å². The molecule has 36 heavy (non-hydrogen) atoms. The van der Waals surface area contributed by atoms with E-state index in [2.05, 4.69) is 10.9 Å². The van der Waals surface area contributed by atoms with Gasteiger partial charge in [-0.1, -0.05) is 30.3 Å². The second-order valence-electron chi connectivity index (χ2n) is 9.71. The molecule has 0 spiro atoms. The van der Waals surface area contributed by atoms with Crippen LogP contribution in [0.4, 0.5) is 4.79 Å². The highest BCUT2D eigenvalue weighted by Gasteiger charge is 2.32. The number of benzene rings is 2. The first-order valence-electron chi connectivity index (χ1n) is 11.2. The molecule has 0 aliphatic carbocycles. The van der Waals surface area contributed by atoms with Gasteiger partial charge in [-0.05, 0) is 59.2 Å². The van der Waals surface area contributed by atoms with Gasteiger partial charge in [0.2, 0.25) is 0 Å². The second-order valence-corrected chi connectivity index (χ2v) is 9.71. The summed E-state index contributed by atoms with van der Waals surface area (Å²) in [5.74, 6) is -2.71. The lowest BCUT2D eigenvalue weighted by atomic mass is 10.0. The van der Waals surface area contributed by atoms with E-state index >= 15 is 0 Å². The fourth-order valence-electron chi connectivity index (χ4n) is 2.94. The lowest BCUT2D eigenvalue weighted by molar-refractivity contribution is 0.00158. The van der Waals surface area contributed by atoms with E-state index in [1.54, 1.807) is 65.8 Å². The number of methoxy groups -OCH3 is 1. The molecular weight excluding hydrogens is 468 g/mol. The predicted molar refractivity (Wildman–Crippen MR) is 131 cm³/mol. The van der Waals surface area contributed by atoms with Gasteiger partial charge in [-0.25, -0.2) is 19.8 Å². The number of esters is 2. The van der Waals surface area contributed by atoms with Gasteiger partial charge in [-0.2, -0.15) is 0 Å². The molecule has 0 unspecified atom stereocenters. The molecular formula is C26H32N2O8. The monoisotopic (exact) mass is 500 g/mol. The third-order valence-corrected chi connectivity index (χ3v) is 4.32. The molecule has 2 aromatic carbocycles. The number of hydrazine groups is 1. The van der Waals surface area contributed by atoms with E-state index in [4.69, 9.17) is 18.9 Å². The number of nitrogens with one attached hydrogen (secondary N) is 2. The fourth-order valence-corrected chi connectivity index (χ4v) is 2.94. The van der Waals surface area contributed by atoms with Crippen LogP contribution in [-0.2, 0) is 20.8 Å². The molecule has 10 heteroatoms. The number of carbonyl (C=O) groups is 4. The Hall–Kier alpha value is -4.08. The van der Waals surface area contributed by atoms with Crippen LogP contribution in [0.3, 0.4) is 0 Å². The number of ether oxygens (including phenoxy) is 4. The van der Waals surface area contributed by atoms with E-state index in [1.807, 2.05) is 6.07 Å². The molecule has 0 radical (unpaired) electrons. The number of carbonyl (C=O) groups excluding carboxylic acids is 4. The summed E-state index contributed by atoms with van der Waals surface area (Å²) >= 11 is 0. The lowest BCUT2D eigenvalue weighted by Crippen LogP contribution is -2.42. The van der Waals surface area contributed by atoms with Crippen LogP contribution in [0.15, 0.2) is 42.5 Å². The van der Waals surface area contributed by atoms with Crippen molar-refractivity contribution in [2.75, 3.05) is 7.11 Å². The molecule has 2 rings (SSSR count). The molecule has 2 aromatic rings. The molecule has 0 atom stereocenters. The minimum absolute atomic E-state index is 0.000752. The van der Waals surface area contributed by atoms with Crippen LogP contribution in [0.2, 0.25) is 0 Å². The van der Waals surface area contributed by atoms with Crippen molar-refractivity contribution in [2.24, 2.45) is 0 Å². The summed E-state index contributed by atoms with van der Waals surface area (Å²) in [6.07, 6.45) is -0.899. The Bertz CT molecular complexity index is 1120. The van der Waals surface area contributed by atoms with Crippen LogP contribution >= 0.6 is 0 Å². The molecule has 0 aromatic heterocycles. The van der Waals surface area contributed by atoms with Gasteiger partial charge >= 0.3 is 18.0 Å². The SMILES string of the molecule is COc1c(C(=O)NNC(=O)OCc2ccccc2)ccc(C(=O)OC(C)(C)C)c1C(=O)OC(C)(C)C. The van der Waals surface area contributed by atoms with Gasteiger partial charge in [0.1, 0.15) is 29.1 Å². The van der Waals surface area contributed by atoms with E-state index < -0.39 is 35.1 Å². The zero-order valence-electron chi connectivity index (χ0n) is 21.5. The number of rotatable bonds is 6. The van der Waals surface area contributed by atoms with Crippen molar-refractivity contribution in [3.63, 3.8) is 0 Å². The zero-order valence-corrected chi connectivity index (χ0v) is 21.5. The van der Waals surface area contributed by atoms with E-state index in [0.717, 1.165) is 5.56 Å². The average Bonchev–Trinajstić information content (AvgIpc) is 2.78. The number of hydrogen-bond donors (Lipinski definition) is 2. The molecule has 0 fully saturated rings. The standard InChI is InChI=1S/C26H32N2O8/c1-25(2,3)35-22(30)17-13-14-18(20(33-7)19(17)23(31)36-26(4,5)6)21(29)27-28-24(32)34-15-16-11-9-8-10-12-16/h8-14H,15H2,1-7H3,(H,27,29)(H,28,32). The molecule has 0 aliphatic rings. The Balaban J connectivity index is 2.30. The van der Waals surface area contributed by atoms with Crippen LogP contribution in [-0.4, -0.2) is 42.3 Å². The molecule has 0 saturated heterocycles. The van der Waals surface area contributed by atoms with Crippen LogP contribution in [0.5, 0.6) is 5.75 Å². The minimum atomic E-state index is -0.899. The van der Waals surface area contributed by atoms with Gasteiger partial charge in [0.25, 0.3) is 5.91 Å². The number of hydrogen-bond acceptors (Lipinski definition) is 8. The van der Waals surface area contributed by atoms with Gasteiger partial charge in [-0.15, -0.1) is 0 Å².